The van der Waals surface area contributed by atoms with Crippen LogP contribution >= 0.6 is 15.9 Å². The number of ether oxygens (including phenoxy) is 3. The first-order valence-electron chi connectivity index (χ1n) is 11.7. The Labute approximate surface area is 229 Å². The quantitative estimate of drug-likeness (QED) is 0.179. The summed E-state index contributed by atoms with van der Waals surface area (Å²) in [6.45, 7) is 4.31. The van der Waals surface area contributed by atoms with E-state index in [0.29, 0.717) is 45.0 Å². The third-order valence-corrected chi connectivity index (χ3v) is 5.76. The van der Waals surface area contributed by atoms with E-state index in [1.54, 1.807) is 43.3 Å². The highest BCUT2D eigenvalue weighted by molar-refractivity contribution is 9.10. The molecule has 192 valence electrons. The van der Waals surface area contributed by atoms with Gasteiger partial charge in [-0.3, -0.25) is 4.79 Å². The molecule has 3 rings (SSSR count). The summed E-state index contributed by atoms with van der Waals surface area (Å²) in [6.07, 6.45) is 1.43. The molecule has 9 heteroatoms. The molecule has 0 atom stereocenters. The molecule has 0 aliphatic heterocycles. The number of nitrogens with one attached hydrogen (secondary N) is 1. The molecular weight excluding hydrogens is 550 g/mol. The standard InChI is InChI=1S/C29H24BrN3O5/c1-3-36-26-15-19(14-25(30)27(26)38-18-22-8-6-5-7-21(22)16-31)13-23(17-32)28(34)33-24-11-9-20(10-12-24)29(35)37-4-2/h5-15H,3-4,18H2,1-2H3,(H,33,34)/b23-13+. The first kappa shape index (κ1) is 28.0. The number of carbonyl (C=O) groups is 2. The Morgan fingerprint density at radius 3 is 2.39 bits per heavy atom. The van der Waals surface area contributed by atoms with Gasteiger partial charge in [-0.15, -0.1) is 0 Å². The summed E-state index contributed by atoms with van der Waals surface area (Å²) in [5.41, 5.74) is 2.42. The summed E-state index contributed by atoms with van der Waals surface area (Å²) in [5.74, 6) is -0.226. The number of anilines is 1. The molecule has 0 spiro atoms. The molecule has 0 aliphatic carbocycles. The normalized spacial score (nSPS) is 10.6. The summed E-state index contributed by atoms with van der Waals surface area (Å²) in [4.78, 5) is 24.6. The topological polar surface area (TPSA) is 121 Å². The van der Waals surface area contributed by atoms with Gasteiger partial charge < -0.3 is 19.5 Å². The maximum Gasteiger partial charge on any atom is 0.338 e. The van der Waals surface area contributed by atoms with Crippen LogP contribution in [0.4, 0.5) is 5.69 Å². The van der Waals surface area contributed by atoms with Crippen molar-refractivity contribution in [1.29, 1.82) is 10.5 Å². The number of carbonyl (C=O) groups excluding carboxylic acids is 2. The van der Waals surface area contributed by atoms with Crippen molar-refractivity contribution < 1.29 is 23.8 Å². The van der Waals surface area contributed by atoms with Crippen molar-refractivity contribution in [1.82, 2.24) is 0 Å². The van der Waals surface area contributed by atoms with E-state index in [2.05, 4.69) is 27.3 Å². The second-order valence-corrected chi connectivity index (χ2v) is 8.60. The first-order chi connectivity index (χ1) is 18.4. The molecule has 0 bridgehead atoms. The molecule has 0 saturated heterocycles. The Morgan fingerprint density at radius 1 is 1.00 bits per heavy atom. The number of rotatable bonds is 10. The molecule has 0 heterocycles. The Kier molecular flexibility index (Phi) is 10.0. The van der Waals surface area contributed by atoms with E-state index in [1.165, 1.54) is 18.2 Å². The van der Waals surface area contributed by atoms with Crippen molar-refractivity contribution in [3.8, 4) is 23.6 Å². The van der Waals surface area contributed by atoms with Crippen LogP contribution < -0.4 is 14.8 Å². The van der Waals surface area contributed by atoms with Gasteiger partial charge in [-0.25, -0.2) is 4.79 Å². The van der Waals surface area contributed by atoms with Gasteiger partial charge in [0.2, 0.25) is 0 Å². The number of hydrogen-bond donors (Lipinski definition) is 1. The van der Waals surface area contributed by atoms with Crippen molar-refractivity contribution in [2.75, 3.05) is 18.5 Å². The van der Waals surface area contributed by atoms with E-state index < -0.39 is 11.9 Å². The highest BCUT2D eigenvalue weighted by atomic mass is 79.9. The van der Waals surface area contributed by atoms with Crippen LogP contribution in [0.1, 0.15) is 40.9 Å². The van der Waals surface area contributed by atoms with Crippen LogP contribution in [-0.4, -0.2) is 25.1 Å². The number of esters is 1. The minimum absolute atomic E-state index is 0.134. The van der Waals surface area contributed by atoms with E-state index in [0.717, 1.165) is 5.56 Å². The second-order valence-electron chi connectivity index (χ2n) is 7.74. The zero-order valence-corrected chi connectivity index (χ0v) is 22.4. The Bertz CT molecular complexity index is 1440. The SMILES string of the molecule is CCOC(=O)c1ccc(NC(=O)/C(C#N)=C/c2cc(Br)c(OCc3ccccc3C#N)c(OCC)c2)cc1. The molecule has 0 fully saturated rings. The average molecular weight is 574 g/mol. The van der Waals surface area contributed by atoms with Crippen LogP contribution in [-0.2, 0) is 16.1 Å². The lowest BCUT2D eigenvalue weighted by molar-refractivity contribution is -0.112. The van der Waals surface area contributed by atoms with E-state index in [4.69, 9.17) is 14.2 Å². The molecule has 1 N–H and O–H groups in total. The van der Waals surface area contributed by atoms with E-state index in [-0.39, 0.29) is 18.8 Å². The van der Waals surface area contributed by atoms with Gasteiger partial charge in [0.25, 0.3) is 5.91 Å². The summed E-state index contributed by atoms with van der Waals surface area (Å²) in [5, 5.41) is 21.6. The van der Waals surface area contributed by atoms with Crippen LogP contribution in [0, 0.1) is 22.7 Å². The van der Waals surface area contributed by atoms with Crippen molar-refractivity contribution >= 4 is 39.6 Å². The largest absolute Gasteiger partial charge is 0.490 e. The number of hydrogen-bond acceptors (Lipinski definition) is 7. The van der Waals surface area contributed by atoms with Gasteiger partial charge in [0.15, 0.2) is 11.5 Å². The zero-order chi connectivity index (χ0) is 27.5. The fourth-order valence-electron chi connectivity index (χ4n) is 3.40. The summed E-state index contributed by atoms with van der Waals surface area (Å²) in [7, 11) is 0. The zero-order valence-electron chi connectivity index (χ0n) is 20.8. The maximum atomic E-state index is 12.8. The molecule has 3 aromatic carbocycles. The molecule has 0 unspecified atom stereocenters. The number of halogens is 1. The van der Waals surface area contributed by atoms with Crippen LogP contribution in [0.3, 0.4) is 0 Å². The average Bonchev–Trinajstić information content (AvgIpc) is 2.92. The minimum Gasteiger partial charge on any atom is -0.490 e. The van der Waals surface area contributed by atoms with Crippen LogP contribution in [0.15, 0.2) is 70.7 Å². The van der Waals surface area contributed by atoms with Gasteiger partial charge >= 0.3 is 5.97 Å². The lowest BCUT2D eigenvalue weighted by Gasteiger charge is -2.15. The monoisotopic (exact) mass is 573 g/mol. The van der Waals surface area contributed by atoms with E-state index in [1.807, 2.05) is 25.1 Å². The van der Waals surface area contributed by atoms with Crippen LogP contribution in [0.25, 0.3) is 6.08 Å². The number of amides is 1. The van der Waals surface area contributed by atoms with Gasteiger partial charge in [-0.1, -0.05) is 18.2 Å². The van der Waals surface area contributed by atoms with Crippen molar-refractivity contribution in [3.63, 3.8) is 0 Å². The van der Waals surface area contributed by atoms with Crippen LogP contribution in [0.2, 0.25) is 0 Å². The van der Waals surface area contributed by atoms with Gasteiger partial charge in [0, 0.05) is 11.3 Å². The summed E-state index contributed by atoms with van der Waals surface area (Å²) < 4.78 is 17.2. The summed E-state index contributed by atoms with van der Waals surface area (Å²) >= 11 is 3.49. The third-order valence-electron chi connectivity index (χ3n) is 5.17. The molecule has 0 aliphatic rings. The fourth-order valence-corrected chi connectivity index (χ4v) is 3.97. The molecule has 0 saturated carbocycles. The van der Waals surface area contributed by atoms with Crippen molar-refractivity contribution in [2.24, 2.45) is 0 Å². The van der Waals surface area contributed by atoms with Crippen LogP contribution in [0.5, 0.6) is 11.5 Å². The second kappa shape index (κ2) is 13.6. The number of nitrogens with zero attached hydrogens (tertiary/aromatic N) is 2. The predicted octanol–water partition coefficient (Wildman–Crippen LogP) is 6.02. The lowest BCUT2D eigenvalue weighted by Crippen LogP contribution is -2.13. The molecule has 38 heavy (non-hydrogen) atoms. The molecule has 0 radical (unpaired) electrons. The van der Waals surface area contributed by atoms with Gasteiger partial charge in [-0.2, -0.15) is 10.5 Å². The number of nitriles is 2. The lowest BCUT2D eigenvalue weighted by atomic mass is 10.1. The molecule has 8 nitrogen and oxygen atoms in total. The highest BCUT2D eigenvalue weighted by Crippen LogP contribution is 2.38. The maximum absolute atomic E-state index is 12.8. The third kappa shape index (κ3) is 7.22. The first-order valence-corrected chi connectivity index (χ1v) is 12.5. The molecule has 0 aromatic heterocycles. The number of benzene rings is 3. The Morgan fingerprint density at radius 2 is 1.74 bits per heavy atom. The summed E-state index contributed by atoms with van der Waals surface area (Å²) in [6, 6.07) is 20.7. The minimum atomic E-state index is -0.612. The van der Waals surface area contributed by atoms with Gasteiger partial charge in [-0.05, 0) is 83.9 Å². The van der Waals surface area contributed by atoms with Gasteiger partial charge in [0.1, 0.15) is 18.2 Å². The van der Waals surface area contributed by atoms with E-state index >= 15 is 0 Å². The van der Waals surface area contributed by atoms with Crippen molar-refractivity contribution in [3.05, 3.63) is 93.0 Å². The molecule has 3 aromatic rings. The van der Waals surface area contributed by atoms with Crippen molar-refractivity contribution in [2.45, 2.75) is 20.5 Å². The molecule has 1 amide bonds. The van der Waals surface area contributed by atoms with E-state index in [9.17, 15) is 20.1 Å². The Balaban J connectivity index is 1.81. The Hall–Kier alpha value is -4.60. The molecular formula is C29H24BrN3O5. The smallest absolute Gasteiger partial charge is 0.338 e. The highest BCUT2D eigenvalue weighted by Gasteiger charge is 2.16. The predicted molar refractivity (Wildman–Crippen MR) is 145 cm³/mol. The van der Waals surface area contributed by atoms with Gasteiger partial charge in [0.05, 0.1) is 34.9 Å². The fraction of sp³-hybridized carbons (Fsp3) is 0.172.